The van der Waals surface area contributed by atoms with E-state index in [0.717, 1.165) is 18.4 Å². The zero-order valence-electron chi connectivity index (χ0n) is 10.9. The lowest BCUT2D eigenvalue weighted by atomic mass is 10.1. The zero-order chi connectivity index (χ0) is 15.6. The molecule has 0 aliphatic heterocycles. The number of anilines is 1. The molecule has 20 heavy (non-hydrogen) atoms. The van der Waals surface area contributed by atoms with Crippen molar-refractivity contribution in [3.05, 3.63) is 29.3 Å². The highest BCUT2D eigenvalue weighted by molar-refractivity contribution is 7.90. The Morgan fingerprint density at radius 2 is 1.95 bits per heavy atom. The van der Waals surface area contributed by atoms with E-state index in [2.05, 4.69) is 0 Å². The first-order valence-electron chi connectivity index (χ1n) is 5.55. The summed E-state index contributed by atoms with van der Waals surface area (Å²) in [7, 11) is -1.61. The standard InChI is InChI=1S/C12H13F3N2O2S/c1-17(5-6-20(2,18)19)10-3-4-11(12(13,14)15)9(7-10)8-16/h3-4,7H,5-6H2,1-2H3. The van der Waals surface area contributed by atoms with Gasteiger partial charge < -0.3 is 4.90 Å². The summed E-state index contributed by atoms with van der Waals surface area (Å²) in [5.74, 6) is -0.119. The fourth-order valence-corrected chi connectivity index (χ4v) is 2.15. The molecule has 1 rings (SSSR count). The normalized spacial score (nSPS) is 12.0. The fraction of sp³-hybridized carbons (Fsp3) is 0.417. The summed E-state index contributed by atoms with van der Waals surface area (Å²) in [6.45, 7) is 0.134. The molecular formula is C12H13F3N2O2S. The summed E-state index contributed by atoms with van der Waals surface area (Å²) in [4.78, 5) is 1.49. The van der Waals surface area contributed by atoms with Crippen LogP contribution in [0.1, 0.15) is 11.1 Å². The molecule has 0 radical (unpaired) electrons. The predicted octanol–water partition coefficient (Wildman–Crippen LogP) is 2.06. The molecule has 8 heteroatoms. The minimum absolute atomic E-state index is 0.119. The van der Waals surface area contributed by atoms with Gasteiger partial charge in [0.05, 0.1) is 22.9 Å². The van der Waals surface area contributed by atoms with Crippen molar-refractivity contribution in [1.29, 1.82) is 5.26 Å². The van der Waals surface area contributed by atoms with E-state index in [4.69, 9.17) is 5.26 Å². The molecule has 0 aliphatic rings. The molecule has 0 N–H and O–H groups in total. The molecule has 0 spiro atoms. The number of alkyl halides is 3. The van der Waals surface area contributed by atoms with Crippen molar-refractivity contribution in [2.75, 3.05) is 30.5 Å². The van der Waals surface area contributed by atoms with E-state index in [1.165, 1.54) is 17.0 Å². The van der Waals surface area contributed by atoms with E-state index in [0.29, 0.717) is 5.69 Å². The smallest absolute Gasteiger partial charge is 0.374 e. The minimum atomic E-state index is -4.59. The average Bonchev–Trinajstić information content (AvgIpc) is 2.33. The van der Waals surface area contributed by atoms with Crippen molar-refractivity contribution in [3.8, 4) is 6.07 Å². The Morgan fingerprint density at radius 3 is 2.40 bits per heavy atom. The Hall–Kier alpha value is -1.75. The SMILES string of the molecule is CN(CCS(C)(=O)=O)c1ccc(C(F)(F)F)c(C#N)c1. The summed E-state index contributed by atoms with van der Waals surface area (Å²) in [5.41, 5.74) is -1.13. The van der Waals surface area contributed by atoms with Gasteiger partial charge >= 0.3 is 6.18 Å². The molecular weight excluding hydrogens is 293 g/mol. The second-order valence-electron chi connectivity index (χ2n) is 4.39. The molecule has 110 valence electrons. The maximum absolute atomic E-state index is 12.6. The Kier molecular flexibility index (Phi) is 4.65. The summed E-state index contributed by atoms with van der Waals surface area (Å²) in [6.07, 6.45) is -3.51. The topological polar surface area (TPSA) is 61.2 Å². The maximum atomic E-state index is 12.6. The highest BCUT2D eigenvalue weighted by Crippen LogP contribution is 2.33. The Balaban J connectivity index is 3.02. The lowest BCUT2D eigenvalue weighted by molar-refractivity contribution is -0.137. The van der Waals surface area contributed by atoms with Gasteiger partial charge in [0, 0.05) is 25.5 Å². The molecule has 0 unspecified atom stereocenters. The summed E-state index contributed by atoms with van der Waals surface area (Å²) >= 11 is 0. The van der Waals surface area contributed by atoms with Gasteiger partial charge in [0.1, 0.15) is 9.84 Å². The van der Waals surface area contributed by atoms with Gasteiger partial charge in [0.25, 0.3) is 0 Å². The molecule has 0 heterocycles. The molecule has 1 aromatic rings. The number of nitriles is 1. The van der Waals surface area contributed by atoms with Crippen molar-refractivity contribution in [2.24, 2.45) is 0 Å². The van der Waals surface area contributed by atoms with Gasteiger partial charge in [-0.05, 0) is 18.2 Å². The van der Waals surface area contributed by atoms with Gasteiger partial charge in [-0.25, -0.2) is 8.42 Å². The minimum Gasteiger partial charge on any atom is -0.374 e. The largest absolute Gasteiger partial charge is 0.417 e. The number of hydrogen-bond donors (Lipinski definition) is 0. The molecule has 0 amide bonds. The first-order valence-corrected chi connectivity index (χ1v) is 7.61. The van der Waals surface area contributed by atoms with Crippen LogP contribution in [0, 0.1) is 11.3 Å². The second-order valence-corrected chi connectivity index (χ2v) is 6.65. The van der Waals surface area contributed by atoms with E-state index in [1.807, 2.05) is 0 Å². The van der Waals surface area contributed by atoms with Crippen LogP contribution in [-0.4, -0.2) is 34.0 Å². The number of nitrogens with zero attached hydrogens (tertiary/aromatic N) is 2. The molecule has 0 atom stereocenters. The Labute approximate surface area is 115 Å². The van der Waals surface area contributed by atoms with Crippen molar-refractivity contribution in [2.45, 2.75) is 6.18 Å². The maximum Gasteiger partial charge on any atom is 0.417 e. The van der Waals surface area contributed by atoms with Crippen molar-refractivity contribution >= 4 is 15.5 Å². The lowest BCUT2D eigenvalue weighted by Crippen LogP contribution is -2.25. The van der Waals surface area contributed by atoms with Crippen LogP contribution in [0.4, 0.5) is 18.9 Å². The van der Waals surface area contributed by atoms with Gasteiger partial charge in [-0.1, -0.05) is 0 Å². The quantitative estimate of drug-likeness (QED) is 0.854. The number of rotatable bonds is 4. The number of halogens is 3. The molecule has 1 aromatic carbocycles. The van der Waals surface area contributed by atoms with Crippen LogP contribution >= 0.6 is 0 Å². The molecule has 0 aromatic heterocycles. The molecule has 0 fully saturated rings. The summed E-state index contributed by atoms with van der Waals surface area (Å²) in [5, 5.41) is 8.78. The monoisotopic (exact) mass is 306 g/mol. The van der Waals surface area contributed by atoms with Crippen LogP contribution in [0.15, 0.2) is 18.2 Å². The van der Waals surface area contributed by atoms with Crippen molar-refractivity contribution in [3.63, 3.8) is 0 Å². The van der Waals surface area contributed by atoms with E-state index >= 15 is 0 Å². The van der Waals surface area contributed by atoms with Gasteiger partial charge in [-0.2, -0.15) is 18.4 Å². The molecule has 0 saturated heterocycles. The van der Waals surface area contributed by atoms with Crippen LogP contribution in [0.3, 0.4) is 0 Å². The van der Waals surface area contributed by atoms with Crippen LogP contribution in [0.2, 0.25) is 0 Å². The Morgan fingerprint density at radius 1 is 1.35 bits per heavy atom. The summed E-state index contributed by atoms with van der Waals surface area (Å²) < 4.78 is 60.0. The average molecular weight is 306 g/mol. The van der Waals surface area contributed by atoms with Crippen LogP contribution < -0.4 is 4.90 Å². The second kappa shape index (κ2) is 5.71. The van der Waals surface area contributed by atoms with Gasteiger partial charge in [-0.15, -0.1) is 0 Å². The third kappa shape index (κ3) is 4.42. The van der Waals surface area contributed by atoms with Crippen molar-refractivity contribution < 1.29 is 21.6 Å². The number of benzene rings is 1. The molecule has 4 nitrogen and oxygen atoms in total. The van der Waals surface area contributed by atoms with Crippen LogP contribution in [-0.2, 0) is 16.0 Å². The van der Waals surface area contributed by atoms with Crippen LogP contribution in [0.5, 0.6) is 0 Å². The first-order chi connectivity index (χ1) is 9.04. The van der Waals surface area contributed by atoms with Gasteiger partial charge in [0.15, 0.2) is 0 Å². The third-order valence-corrected chi connectivity index (χ3v) is 3.59. The molecule has 0 aliphatic carbocycles. The zero-order valence-corrected chi connectivity index (χ0v) is 11.7. The van der Waals surface area contributed by atoms with E-state index in [1.54, 1.807) is 7.05 Å². The lowest BCUT2D eigenvalue weighted by Gasteiger charge is -2.20. The van der Waals surface area contributed by atoms with Crippen LogP contribution in [0.25, 0.3) is 0 Å². The molecule has 0 saturated carbocycles. The highest BCUT2D eigenvalue weighted by atomic mass is 32.2. The third-order valence-electron chi connectivity index (χ3n) is 2.67. The highest BCUT2D eigenvalue weighted by Gasteiger charge is 2.33. The van der Waals surface area contributed by atoms with E-state index in [9.17, 15) is 21.6 Å². The fourth-order valence-electron chi connectivity index (χ4n) is 1.54. The number of sulfone groups is 1. The predicted molar refractivity (Wildman–Crippen MR) is 69.1 cm³/mol. The van der Waals surface area contributed by atoms with E-state index < -0.39 is 27.1 Å². The number of hydrogen-bond acceptors (Lipinski definition) is 4. The van der Waals surface area contributed by atoms with Gasteiger partial charge in [0.2, 0.25) is 0 Å². The van der Waals surface area contributed by atoms with Crippen molar-refractivity contribution in [1.82, 2.24) is 0 Å². The van der Waals surface area contributed by atoms with E-state index in [-0.39, 0.29) is 12.3 Å². The first kappa shape index (κ1) is 16.3. The molecule has 0 bridgehead atoms. The van der Waals surface area contributed by atoms with Gasteiger partial charge in [-0.3, -0.25) is 0 Å². The summed E-state index contributed by atoms with van der Waals surface area (Å²) in [6, 6.07) is 4.65. The Bertz CT molecular complexity index is 633.